The van der Waals surface area contributed by atoms with Crippen LogP contribution in [0.25, 0.3) is 92.2 Å². The van der Waals surface area contributed by atoms with Crippen molar-refractivity contribution >= 4 is 70.4 Å². The summed E-state index contributed by atoms with van der Waals surface area (Å²) in [5, 5.41) is 5.07. The molecular weight excluding hydrogens is 781 g/mol. The number of benzene rings is 10. The molecule has 0 atom stereocenters. The van der Waals surface area contributed by atoms with Crippen LogP contribution in [-0.2, 0) is 0 Å². The molecule has 0 unspecified atom stereocenters. The van der Waals surface area contributed by atoms with Gasteiger partial charge >= 0.3 is 0 Å². The van der Waals surface area contributed by atoms with Crippen molar-refractivity contribution in [1.82, 2.24) is 4.57 Å². The van der Waals surface area contributed by atoms with Gasteiger partial charge in [0, 0.05) is 59.3 Å². The van der Waals surface area contributed by atoms with E-state index >= 15 is 0 Å². The SMILES string of the molecule is c1ccc(-c2ccccc2-c2ccccc2-c2ccc(N(c3ccc(-c4cccc5c6ccccc6n(-c6ccccc6)c45)cc3)c3ccc4sc5ccccc5c4c3)cc2)cc1. The molecule has 3 heteroatoms. The third-order valence-electron chi connectivity index (χ3n) is 12.4. The molecule has 0 amide bonds. The smallest absolute Gasteiger partial charge is 0.0619 e. The lowest BCUT2D eigenvalue weighted by molar-refractivity contribution is 1.18. The Morgan fingerprint density at radius 3 is 1.46 bits per heavy atom. The Balaban J connectivity index is 0.983. The second-order valence-electron chi connectivity index (χ2n) is 16.1. The van der Waals surface area contributed by atoms with Crippen LogP contribution in [0.4, 0.5) is 17.1 Å². The molecule has 0 N–H and O–H groups in total. The molecule has 10 aromatic carbocycles. The van der Waals surface area contributed by atoms with E-state index in [4.69, 9.17) is 0 Å². The fourth-order valence-electron chi connectivity index (χ4n) is 9.53. The molecule has 2 nitrogen and oxygen atoms in total. The van der Waals surface area contributed by atoms with E-state index < -0.39 is 0 Å². The van der Waals surface area contributed by atoms with Crippen molar-refractivity contribution in [3.05, 3.63) is 243 Å². The van der Waals surface area contributed by atoms with Gasteiger partial charge in [0.15, 0.2) is 0 Å². The summed E-state index contributed by atoms with van der Waals surface area (Å²) in [5.41, 5.74) is 16.5. The van der Waals surface area contributed by atoms with E-state index in [0.717, 1.165) is 22.7 Å². The van der Waals surface area contributed by atoms with Gasteiger partial charge in [0.25, 0.3) is 0 Å². The third kappa shape index (κ3) is 6.41. The van der Waals surface area contributed by atoms with Crippen molar-refractivity contribution in [2.45, 2.75) is 0 Å². The molecule has 0 spiro atoms. The number of hydrogen-bond donors (Lipinski definition) is 0. The minimum Gasteiger partial charge on any atom is -0.310 e. The quantitative estimate of drug-likeness (QED) is 0.148. The van der Waals surface area contributed by atoms with Crippen LogP contribution in [0.2, 0.25) is 0 Å². The molecule has 63 heavy (non-hydrogen) atoms. The highest BCUT2D eigenvalue weighted by atomic mass is 32.1. The largest absolute Gasteiger partial charge is 0.310 e. The Morgan fingerprint density at radius 2 is 0.778 bits per heavy atom. The van der Waals surface area contributed by atoms with Crippen LogP contribution in [0.3, 0.4) is 0 Å². The second-order valence-corrected chi connectivity index (χ2v) is 17.1. The van der Waals surface area contributed by atoms with Gasteiger partial charge < -0.3 is 9.47 Å². The molecule has 0 aliphatic heterocycles. The van der Waals surface area contributed by atoms with Gasteiger partial charge in [-0.1, -0.05) is 176 Å². The van der Waals surface area contributed by atoms with Gasteiger partial charge in [-0.15, -0.1) is 11.3 Å². The maximum Gasteiger partial charge on any atom is 0.0619 e. The topological polar surface area (TPSA) is 8.17 Å². The van der Waals surface area contributed by atoms with Crippen molar-refractivity contribution in [1.29, 1.82) is 0 Å². The van der Waals surface area contributed by atoms with Crippen LogP contribution < -0.4 is 4.90 Å². The highest BCUT2D eigenvalue weighted by molar-refractivity contribution is 7.25. The molecule has 2 aromatic heterocycles. The molecule has 0 radical (unpaired) electrons. The van der Waals surface area contributed by atoms with Gasteiger partial charge in [-0.25, -0.2) is 0 Å². The Morgan fingerprint density at radius 1 is 0.302 bits per heavy atom. The first-order valence-corrected chi connectivity index (χ1v) is 22.3. The zero-order chi connectivity index (χ0) is 41.7. The number of hydrogen-bond acceptors (Lipinski definition) is 2. The van der Waals surface area contributed by atoms with E-state index in [0.29, 0.717) is 0 Å². The van der Waals surface area contributed by atoms with Crippen molar-refractivity contribution in [2.75, 3.05) is 4.90 Å². The fourth-order valence-corrected chi connectivity index (χ4v) is 10.6. The predicted octanol–water partition coefficient (Wildman–Crippen LogP) is 17.3. The summed E-state index contributed by atoms with van der Waals surface area (Å²) in [5.74, 6) is 0. The molecule has 0 bridgehead atoms. The standard InChI is InChI=1S/C60H40N2S/c1-3-16-41(17-4-1)48-20-7-9-22-51(48)52-23-10-8-21-49(52)42-30-34-45(35-31-42)61(47-38-39-59-56(40-47)54-25-12-14-29-58(54)63-59)46-36-32-43(33-37-46)50-26-15-27-55-53-24-11-13-28-57(53)62(60(50)55)44-18-5-2-6-19-44/h1-40H. The number of para-hydroxylation sites is 3. The van der Waals surface area contributed by atoms with Gasteiger partial charge in [0.2, 0.25) is 0 Å². The Labute approximate surface area is 370 Å². The van der Waals surface area contributed by atoms with Gasteiger partial charge in [-0.05, 0) is 106 Å². The van der Waals surface area contributed by atoms with Crippen LogP contribution in [-0.4, -0.2) is 4.57 Å². The van der Waals surface area contributed by atoms with Gasteiger partial charge in [-0.3, -0.25) is 0 Å². The van der Waals surface area contributed by atoms with Crippen molar-refractivity contribution in [2.24, 2.45) is 0 Å². The van der Waals surface area contributed by atoms with Crippen molar-refractivity contribution < 1.29 is 0 Å². The van der Waals surface area contributed by atoms with Crippen LogP contribution in [0.5, 0.6) is 0 Å². The maximum atomic E-state index is 2.42. The highest BCUT2D eigenvalue weighted by Crippen LogP contribution is 2.44. The molecule has 296 valence electrons. The zero-order valence-corrected chi connectivity index (χ0v) is 35.2. The summed E-state index contributed by atoms with van der Waals surface area (Å²) < 4.78 is 5.01. The average molecular weight is 821 g/mol. The minimum atomic E-state index is 1.10. The van der Waals surface area contributed by atoms with Crippen LogP contribution in [0.1, 0.15) is 0 Å². The summed E-state index contributed by atoms with van der Waals surface area (Å²) in [6.45, 7) is 0. The molecule has 12 aromatic rings. The number of rotatable bonds is 8. The molecule has 0 saturated heterocycles. The average Bonchev–Trinajstić information content (AvgIpc) is 3.91. The number of thiophene rings is 1. The summed E-state index contributed by atoms with van der Waals surface area (Å²) in [6.07, 6.45) is 0. The van der Waals surface area contributed by atoms with Gasteiger partial charge in [-0.2, -0.15) is 0 Å². The second kappa shape index (κ2) is 15.5. The van der Waals surface area contributed by atoms with E-state index in [1.54, 1.807) is 0 Å². The van der Waals surface area contributed by atoms with Crippen LogP contribution >= 0.6 is 11.3 Å². The first kappa shape index (κ1) is 36.8. The zero-order valence-electron chi connectivity index (χ0n) is 34.4. The van der Waals surface area contributed by atoms with E-state index in [2.05, 4.69) is 252 Å². The Hall–Kier alpha value is -7.98. The summed E-state index contributed by atoms with van der Waals surface area (Å²) >= 11 is 1.85. The lowest BCUT2D eigenvalue weighted by Crippen LogP contribution is -2.09. The van der Waals surface area contributed by atoms with E-state index in [9.17, 15) is 0 Å². The van der Waals surface area contributed by atoms with Crippen molar-refractivity contribution in [3.63, 3.8) is 0 Å². The summed E-state index contributed by atoms with van der Waals surface area (Å²) in [6, 6.07) is 88.3. The molecule has 0 fully saturated rings. The minimum absolute atomic E-state index is 1.10. The predicted molar refractivity (Wildman–Crippen MR) is 270 cm³/mol. The molecule has 0 aliphatic carbocycles. The molecule has 2 heterocycles. The number of anilines is 3. The summed E-state index contributed by atoms with van der Waals surface area (Å²) in [4.78, 5) is 2.40. The Kier molecular flexibility index (Phi) is 9.06. The van der Waals surface area contributed by atoms with Crippen molar-refractivity contribution in [3.8, 4) is 50.2 Å². The van der Waals surface area contributed by atoms with Gasteiger partial charge in [0.05, 0.1) is 11.0 Å². The number of nitrogens with zero attached hydrogens (tertiary/aromatic N) is 2. The highest BCUT2D eigenvalue weighted by Gasteiger charge is 2.19. The fraction of sp³-hybridized carbons (Fsp3) is 0. The van der Waals surface area contributed by atoms with E-state index in [1.807, 2.05) is 11.3 Å². The maximum absolute atomic E-state index is 2.42. The number of aromatic nitrogens is 1. The normalized spacial score (nSPS) is 11.5. The molecule has 0 saturated carbocycles. The third-order valence-corrected chi connectivity index (χ3v) is 13.6. The lowest BCUT2D eigenvalue weighted by atomic mass is 9.89. The molecule has 0 aliphatic rings. The number of fused-ring (bicyclic) bond motifs is 6. The first-order chi connectivity index (χ1) is 31.3. The first-order valence-electron chi connectivity index (χ1n) is 21.5. The van der Waals surface area contributed by atoms with E-state index in [-0.39, 0.29) is 0 Å². The summed E-state index contributed by atoms with van der Waals surface area (Å²) in [7, 11) is 0. The Bertz CT molecular complexity index is 3600. The van der Waals surface area contributed by atoms with E-state index in [1.165, 1.54) is 86.5 Å². The molecule has 12 rings (SSSR count). The van der Waals surface area contributed by atoms with Crippen LogP contribution in [0, 0.1) is 0 Å². The van der Waals surface area contributed by atoms with Crippen LogP contribution in [0.15, 0.2) is 243 Å². The molecular formula is C60H40N2S. The lowest BCUT2D eigenvalue weighted by Gasteiger charge is -2.26. The van der Waals surface area contributed by atoms with Gasteiger partial charge in [0.1, 0.15) is 0 Å². The monoisotopic (exact) mass is 820 g/mol.